The summed E-state index contributed by atoms with van der Waals surface area (Å²) >= 11 is 0. The third kappa shape index (κ3) is 41.6. The first-order valence-corrected chi connectivity index (χ1v) is 23.7. The van der Waals surface area contributed by atoms with E-state index in [4.69, 9.17) is 19.1 Å². The Bertz CT molecular complexity index is 1130. The minimum Gasteiger partial charge on any atom is -0.462 e. The minimum atomic E-state index is -4.64. The zero-order chi connectivity index (χ0) is 41.9. The van der Waals surface area contributed by atoms with Crippen LogP contribution in [-0.4, -0.2) is 65.7 Å². The zero-order valence-corrected chi connectivity index (χ0v) is 36.7. The van der Waals surface area contributed by atoms with Crippen molar-refractivity contribution < 1.29 is 47.8 Å². The number of esters is 2. The van der Waals surface area contributed by atoms with Crippen molar-refractivity contribution in [2.45, 2.75) is 193 Å². The van der Waals surface area contributed by atoms with Crippen LogP contribution in [0.5, 0.6) is 0 Å². The molecule has 11 heteroatoms. The summed E-state index contributed by atoms with van der Waals surface area (Å²) in [5.74, 6) is -1.07. The number of allylic oxidation sites excluding steroid dienone is 9. The lowest BCUT2D eigenvalue weighted by molar-refractivity contribution is -0.160. The van der Waals surface area contributed by atoms with Crippen molar-refractivity contribution in [2.24, 2.45) is 0 Å². The molecule has 3 unspecified atom stereocenters. The predicted octanol–water partition coefficient (Wildman–Crippen LogP) is 11.9. The quantitative estimate of drug-likeness (QED) is 0.0235. The number of hydrogen-bond donors (Lipinski definition) is 3. The molecule has 0 aromatic rings. The molecule has 0 radical (unpaired) electrons. The van der Waals surface area contributed by atoms with E-state index in [1.54, 1.807) is 6.08 Å². The van der Waals surface area contributed by atoms with E-state index in [0.29, 0.717) is 12.8 Å². The second-order valence-electron chi connectivity index (χ2n) is 14.7. The van der Waals surface area contributed by atoms with Gasteiger partial charge in [0.05, 0.1) is 26.2 Å². The lowest BCUT2D eigenvalue weighted by atomic mass is 10.0. The van der Waals surface area contributed by atoms with Crippen molar-refractivity contribution in [1.82, 2.24) is 0 Å². The summed E-state index contributed by atoms with van der Waals surface area (Å²) in [7, 11) is -4.64. The standard InChI is InChI=1S/C46H81O10P/c1-3-5-7-9-11-13-15-17-19-20-21-22-24-25-27-29-31-33-35-37-45(49)53-41-44(42-55-57(51,52)54-40-43(48)39-47)56-46(50)38-36-34-32-30-28-26-23-18-16-14-12-10-8-6-4-2/h6,8,12,14,18,23,28,30,34,36,43-44,47-48H,3-5,7,9-11,13,15-17,19-22,24-27,29,31-33,35,37-42H2,1-2H3,(H,51,52)/b8-6-,14-12-,23-18-,30-28-,36-34-. The Kier molecular flexibility index (Phi) is 40.1. The van der Waals surface area contributed by atoms with Crippen molar-refractivity contribution >= 4 is 19.8 Å². The van der Waals surface area contributed by atoms with Crippen LogP contribution in [0, 0.1) is 0 Å². The Hall–Kier alpha value is -2.33. The summed E-state index contributed by atoms with van der Waals surface area (Å²) < 4.78 is 32.6. The molecule has 57 heavy (non-hydrogen) atoms. The number of phosphoric ester groups is 1. The van der Waals surface area contributed by atoms with Crippen molar-refractivity contribution in [1.29, 1.82) is 0 Å². The summed E-state index contributed by atoms with van der Waals surface area (Å²) in [6.45, 7) is 2.16. The van der Waals surface area contributed by atoms with Crippen LogP contribution in [0.3, 0.4) is 0 Å². The van der Waals surface area contributed by atoms with Crippen LogP contribution >= 0.6 is 7.82 Å². The van der Waals surface area contributed by atoms with Gasteiger partial charge in [0, 0.05) is 6.42 Å². The van der Waals surface area contributed by atoms with Crippen LogP contribution in [0.4, 0.5) is 0 Å². The highest BCUT2D eigenvalue weighted by atomic mass is 31.2. The predicted molar refractivity (Wildman–Crippen MR) is 233 cm³/mol. The molecule has 0 heterocycles. The molecule has 3 N–H and O–H groups in total. The van der Waals surface area contributed by atoms with Gasteiger partial charge < -0.3 is 24.6 Å². The Morgan fingerprint density at radius 2 is 0.947 bits per heavy atom. The van der Waals surface area contributed by atoms with Crippen molar-refractivity contribution in [3.8, 4) is 0 Å². The Balaban J connectivity index is 4.34. The van der Waals surface area contributed by atoms with Gasteiger partial charge in [0.15, 0.2) is 6.10 Å². The molecule has 330 valence electrons. The van der Waals surface area contributed by atoms with Gasteiger partial charge in [0.2, 0.25) is 0 Å². The third-order valence-electron chi connectivity index (χ3n) is 9.22. The second-order valence-corrected chi connectivity index (χ2v) is 16.2. The maximum absolute atomic E-state index is 12.5. The van der Waals surface area contributed by atoms with E-state index in [-0.39, 0.29) is 19.4 Å². The molecule has 0 aliphatic rings. The summed E-state index contributed by atoms with van der Waals surface area (Å²) in [5, 5.41) is 18.3. The van der Waals surface area contributed by atoms with E-state index < -0.39 is 51.8 Å². The van der Waals surface area contributed by atoms with Gasteiger partial charge in [0.25, 0.3) is 0 Å². The van der Waals surface area contributed by atoms with E-state index in [0.717, 1.165) is 44.9 Å². The summed E-state index contributed by atoms with van der Waals surface area (Å²) in [4.78, 5) is 34.9. The molecule has 0 aliphatic heterocycles. The van der Waals surface area contributed by atoms with E-state index in [1.807, 2.05) is 18.2 Å². The van der Waals surface area contributed by atoms with Gasteiger partial charge in [-0.2, -0.15) is 0 Å². The molecule has 0 saturated carbocycles. The molecular formula is C46H81O10P. The second kappa shape index (κ2) is 41.8. The molecule has 0 saturated heterocycles. The lowest BCUT2D eigenvalue weighted by Crippen LogP contribution is -2.29. The highest BCUT2D eigenvalue weighted by Crippen LogP contribution is 2.43. The number of hydrogen-bond acceptors (Lipinski definition) is 9. The molecule has 0 aliphatic carbocycles. The maximum atomic E-state index is 12.5. The van der Waals surface area contributed by atoms with E-state index >= 15 is 0 Å². The first-order chi connectivity index (χ1) is 27.7. The number of aliphatic hydroxyl groups is 2. The molecule has 10 nitrogen and oxygen atoms in total. The van der Waals surface area contributed by atoms with Crippen LogP contribution in [0.2, 0.25) is 0 Å². The molecule has 0 fully saturated rings. The van der Waals surface area contributed by atoms with Gasteiger partial charge in [-0.05, 0) is 38.5 Å². The van der Waals surface area contributed by atoms with E-state index in [1.165, 1.54) is 96.3 Å². The fourth-order valence-electron chi connectivity index (χ4n) is 5.83. The largest absolute Gasteiger partial charge is 0.472 e. The monoisotopic (exact) mass is 825 g/mol. The average Bonchev–Trinajstić information content (AvgIpc) is 3.20. The topological polar surface area (TPSA) is 149 Å². The van der Waals surface area contributed by atoms with Crippen LogP contribution in [0.1, 0.15) is 181 Å². The number of rotatable bonds is 41. The van der Waals surface area contributed by atoms with Crippen LogP contribution in [0.25, 0.3) is 0 Å². The van der Waals surface area contributed by atoms with E-state index in [2.05, 4.69) is 54.8 Å². The third-order valence-corrected chi connectivity index (χ3v) is 10.2. The fourth-order valence-corrected chi connectivity index (χ4v) is 6.62. The molecule has 0 aromatic heterocycles. The van der Waals surface area contributed by atoms with Gasteiger partial charge in [-0.25, -0.2) is 4.57 Å². The molecule has 3 atom stereocenters. The minimum absolute atomic E-state index is 0.0483. The number of carbonyl (C=O) groups is 2. The number of carbonyl (C=O) groups excluding carboxylic acids is 2. The van der Waals surface area contributed by atoms with Gasteiger partial charge in [0.1, 0.15) is 12.7 Å². The van der Waals surface area contributed by atoms with Crippen LogP contribution in [0.15, 0.2) is 60.8 Å². The first kappa shape index (κ1) is 54.7. The average molecular weight is 825 g/mol. The molecule has 0 amide bonds. The van der Waals surface area contributed by atoms with E-state index in [9.17, 15) is 24.2 Å². The molecule has 0 spiro atoms. The van der Waals surface area contributed by atoms with Gasteiger partial charge >= 0.3 is 19.8 Å². The summed E-state index contributed by atoms with van der Waals surface area (Å²) in [6.07, 6.45) is 46.5. The van der Waals surface area contributed by atoms with Gasteiger partial charge in [-0.3, -0.25) is 18.6 Å². The highest BCUT2D eigenvalue weighted by molar-refractivity contribution is 7.47. The molecule has 0 bridgehead atoms. The smallest absolute Gasteiger partial charge is 0.462 e. The Labute approximate surface area is 346 Å². The lowest BCUT2D eigenvalue weighted by Gasteiger charge is -2.20. The van der Waals surface area contributed by atoms with Crippen LogP contribution < -0.4 is 0 Å². The maximum Gasteiger partial charge on any atom is 0.472 e. The fraction of sp³-hybridized carbons (Fsp3) is 0.739. The normalized spacial score (nSPS) is 14.4. The molecule has 0 rings (SSSR count). The molecule has 0 aromatic carbocycles. The van der Waals surface area contributed by atoms with Gasteiger partial charge in [-0.15, -0.1) is 0 Å². The van der Waals surface area contributed by atoms with Gasteiger partial charge in [-0.1, -0.05) is 190 Å². The Morgan fingerprint density at radius 1 is 0.544 bits per heavy atom. The number of unbranched alkanes of at least 4 members (excludes halogenated alkanes) is 18. The summed E-state index contributed by atoms with van der Waals surface area (Å²) in [6, 6.07) is 0. The number of phosphoric acid groups is 1. The van der Waals surface area contributed by atoms with Crippen molar-refractivity contribution in [2.75, 3.05) is 26.4 Å². The van der Waals surface area contributed by atoms with Crippen LogP contribution in [-0.2, 0) is 32.7 Å². The Morgan fingerprint density at radius 3 is 1.39 bits per heavy atom. The molecular weight excluding hydrogens is 743 g/mol. The number of ether oxygens (including phenoxy) is 2. The summed E-state index contributed by atoms with van der Waals surface area (Å²) in [5.41, 5.74) is 0. The first-order valence-electron chi connectivity index (χ1n) is 22.2. The number of aliphatic hydroxyl groups excluding tert-OH is 2. The SMILES string of the molecule is CC/C=C\C/C=C\C/C=C\C/C=C\C/C=C\CC(=O)OC(COC(=O)CCCCCCCCCCCCCCCCCCCCC)COP(=O)(O)OCC(O)CO. The van der Waals surface area contributed by atoms with Crippen molar-refractivity contribution in [3.05, 3.63) is 60.8 Å². The highest BCUT2D eigenvalue weighted by Gasteiger charge is 2.27. The van der Waals surface area contributed by atoms with Crippen molar-refractivity contribution in [3.63, 3.8) is 0 Å². The zero-order valence-electron chi connectivity index (χ0n) is 35.8.